The number of para-hydroxylation sites is 1. The summed E-state index contributed by atoms with van der Waals surface area (Å²) in [6, 6.07) is 6.81. The largest absolute Gasteiger partial charge is 0.348 e. The summed E-state index contributed by atoms with van der Waals surface area (Å²) in [6.07, 6.45) is 7.93. The number of hydrogen-bond acceptors (Lipinski definition) is 2. The highest BCUT2D eigenvalue weighted by molar-refractivity contribution is 5.94. The molecule has 4 atom stereocenters. The molecule has 1 N–H and O–H groups in total. The van der Waals surface area contributed by atoms with Gasteiger partial charge in [-0.1, -0.05) is 18.6 Å². The number of carbonyl (C=O) groups is 1. The van der Waals surface area contributed by atoms with E-state index in [4.69, 9.17) is 0 Å². The summed E-state index contributed by atoms with van der Waals surface area (Å²) >= 11 is 0. The second kappa shape index (κ2) is 6.47. The van der Waals surface area contributed by atoms with Crippen molar-refractivity contribution in [3.05, 3.63) is 47.0 Å². The molecule has 2 bridgehead atoms. The Morgan fingerprint density at radius 2 is 2.11 bits per heavy atom. The summed E-state index contributed by atoms with van der Waals surface area (Å²) < 4.78 is 15.9. The molecule has 5 heteroatoms. The average Bonchev–Trinajstić information content (AvgIpc) is 3.43. The normalized spacial score (nSPS) is 27.0. The van der Waals surface area contributed by atoms with Gasteiger partial charge in [-0.25, -0.2) is 9.07 Å². The Balaban J connectivity index is 1.41. The Bertz CT molecular complexity index is 890. The molecule has 2 saturated carbocycles. The highest BCUT2D eigenvalue weighted by Gasteiger charge is 2.42. The third-order valence-electron chi connectivity index (χ3n) is 7.02. The van der Waals surface area contributed by atoms with Crippen molar-refractivity contribution < 1.29 is 9.18 Å². The fourth-order valence-corrected chi connectivity index (χ4v) is 5.73. The van der Waals surface area contributed by atoms with Crippen molar-refractivity contribution >= 4 is 5.91 Å². The van der Waals surface area contributed by atoms with Gasteiger partial charge in [-0.3, -0.25) is 4.79 Å². The molecule has 2 aromatic rings. The number of amides is 1. The summed E-state index contributed by atoms with van der Waals surface area (Å²) in [7, 11) is 0. The van der Waals surface area contributed by atoms with Gasteiger partial charge < -0.3 is 5.32 Å². The van der Waals surface area contributed by atoms with Crippen LogP contribution in [0.5, 0.6) is 0 Å². The molecule has 1 aromatic carbocycles. The van der Waals surface area contributed by atoms with Crippen LogP contribution >= 0.6 is 0 Å². The minimum Gasteiger partial charge on any atom is -0.348 e. The summed E-state index contributed by atoms with van der Waals surface area (Å²) in [5, 5.41) is 7.78. The summed E-state index contributed by atoms with van der Waals surface area (Å²) in [5.74, 6) is 1.82. The second-order valence-electron chi connectivity index (χ2n) is 8.59. The van der Waals surface area contributed by atoms with E-state index < -0.39 is 0 Å². The molecule has 5 rings (SSSR count). The Labute approximate surface area is 159 Å². The molecule has 2 fully saturated rings. The van der Waals surface area contributed by atoms with E-state index in [1.807, 2.05) is 0 Å². The van der Waals surface area contributed by atoms with Crippen LogP contribution in [0.25, 0.3) is 5.69 Å². The smallest absolute Gasteiger partial charge is 0.272 e. The Morgan fingerprint density at radius 1 is 1.26 bits per heavy atom. The molecular formula is C22H26FN3O. The number of halogens is 1. The summed E-state index contributed by atoms with van der Waals surface area (Å²) in [4.78, 5) is 13.0. The van der Waals surface area contributed by atoms with Crippen LogP contribution in [0.4, 0.5) is 4.39 Å². The fourth-order valence-electron chi connectivity index (χ4n) is 5.73. The van der Waals surface area contributed by atoms with E-state index in [-0.39, 0.29) is 17.8 Å². The van der Waals surface area contributed by atoms with Gasteiger partial charge in [0.25, 0.3) is 5.91 Å². The first-order valence-electron chi connectivity index (χ1n) is 10.3. The standard InChI is InChI=1S/C22H26FN3O/c1-13(17-12-14-9-10-15(17)11-14)24-22(27)21-16-5-4-8-19(16)26(25-21)20-7-3-2-6-18(20)23/h2-3,6-7,13-15,17H,4-5,8-12H2,1H3,(H,24,27). The van der Waals surface area contributed by atoms with Gasteiger partial charge in [0.1, 0.15) is 11.5 Å². The van der Waals surface area contributed by atoms with Crippen LogP contribution < -0.4 is 5.32 Å². The number of carbonyl (C=O) groups excluding carboxylic acids is 1. The van der Waals surface area contributed by atoms with E-state index in [0.717, 1.165) is 42.4 Å². The van der Waals surface area contributed by atoms with E-state index in [2.05, 4.69) is 17.3 Å². The van der Waals surface area contributed by atoms with Crippen LogP contribution in [0.3, 0.4) is 0 Å². The van der Waals surface area contributed by atoms with Crippen LogP contribution in [0.2, 0.25) is 0 Å². The third-order valence-corrected chi connectivity index (χ3v) is 7.02. The topological polar surface area (TPSA) is 46.9 Å². The molecule has 1 amide bonds. The maximum absolute atomic E-state index is 14.3. The SMILES string of the molecule is CC(NC(=O)c1nn(-c2ccccc2F)c2c1CCC2)C1CC2CCC1C2. The Kier molecular flexibility index (Phi) is 4.06. The van der Waals surface area contributed by atoms with Crippen LogP contribution in [-0.2, 0) is 12.8 Å². The molecule has 0 spiro atoms. The van der Waals surface area contributed by atoms with E-state index in [9.17, 15) is 9.18 Å². The minimum absolute atomic E-state index is 0.0986. The predicted octanol–water partition coefficient (Wildman–Crippen LogP) is 4.05. The van der Waals surface area contributed by atoms with Crippen LogP contribution in [-0.4, -0.2) is 21.7 Å². The molecule has 3 aliphatic carbocycles. The maximum Gasteiger partial charge on any atom is 0.272 e. The van der Waals surface area contributed by atoms with E-state index in [0.29, 0.717) is 17.3 Å². The molecule has 0 radical (unpaired) electrons. The monoisotopic (exact) mass is 367 g/mol. The highest BCUT2D eigenvalue weighted by Crippen LogP contribution is 2.49. The van der Waals surface area contributed by atoms with Gasteiger partial charge in [-0.15, -0.1) is 0 Å². The molecular weight excluding hydrogens is 341 g/mol. The zero-order valence-electron chi connectivity index (χ0n) is 15.7. The molecule has 142 valence electrons. The highest BCUT2D eigenvalue weighted by atomic mass is 19.1. The van der Waals surface area contributed by atoms with Gasteiger partial charge in [0, 0.05) is 17.3 Å². The lowest BCUT2D eigenvalue weighted by molar-refractivity contribution is 0.0909. The Morgan fingerprint density at radius 3 is 2.85 bits per heavy atom. The summed E-state index contributed by atoms with van der Waals surface area (Å²) in [5.41, 5.74) is 2.89. The first kappa shape index (κ1) is 17.0. The number of hydrogen-bond donors (Lipinski definition) is 1. The van der Waals surface area contributed by atoms with Gasteiger partial charge in [0.15, 0.2) is 5.69 Å². The zero-order chi connectivity index (χ0) is 18.5. The molecule has 1 aromatic heterocycles. The lowest BCUT2D eigenvalue weighted by Gasteiger charge is -2.28. The molecule has 3 aliphatic rings. The number of nitrogens with zero attached hydrogens (tertiary/aromatic N) is 2. The number of fused-ring (bicyclic) bond motifs is 3. The summed E-state index contributed by atoms with van der Waals surface area (Å²) in [6.45, 7) is 2.14. The molecule has 4 unspecified atom stereocenters. The molecule has 27 heavy (non-hydrogen) atoms. The zero-order valence-corrected chi connectivity index (χ0v) is 15.7. The van der Waals surface area contributed by atoms with Gasteiger partial charge >= 0.3 is 0 Å². The quantitative estimate of drug-likeness (QED) is 0.886. The van der Waals surface area contributed by atoms with Crippen molar-refractivity contribution in [2.45, 2.75) is 57.9 Å². The molecule has 4 nitrogen and oxygen atoms in total. The first-order chi connectivity index (χ1) is 13.1. The van der Waals surface area contributed by atoms with Gasteiger partial charge in [-0.2, -0.15) is 5.10 Å². The predicted molar refractivity (Wildman–Crippen MR) is 101 cm³/mol. The van der Waals surface area contributed by atoms with E-state index >= 15 is 0 Å². The van der Waals surface area contributed by atoms with Crippen molar-refractivity contribution in [3.63, 3.8) is 0 Å². The number of rotatable bonds is 4. The van der Waals surface area contributed by atoms with E-state index in [1.165, 1.54) is 31.7 Å². The molecule has 1 heterocycles. The number of aromatic nitrogens is 2. The van der Waals surface area contributed by atoms with E-state index in [1.54, 1.807) is 22.9 Å². The van der Waals surface area contributed by atoms with Crippen molar-refractivity contribution in [1.82, 2.24) is 15.1 Å². The van der Waals surface area contributed by atoms with Crippen LogP contribution in [0.15, 0.2) is 24.3 Å². The van der Waals surface area contributed by atoms with Crippen LogP contribution in [0, 0.1) is 23.6 Å². The van der Waals surface area contributed by atoms with Crippen molar-refractivity contribution in [1.29, 1.82) is 0 Å². The second-order valence-corrected chi connectivity index (χ2v) is 8.59. The van der Waals surface area contributed by atoms with Gasteiger partial charge in [0.2, 0.25) is 0 Å². The third kappa shape index (κ3) is 2.79. The van der Waals surface area contributed by atoms with Crippen molar-refractivity contribution in [3.8, 4) is 5.69 Å². The molecule has 0 aliphatic heterocycles. The Hall–Kier alpha value is -2.17. The van der Waals surface area contributed by atoms with Crippen molar-refractivity contribution in [2.75, 3.05) is 0 Å². The van der Waals surface area contributed by atoms with Crippen LogP contribution in [0.1, 0.15) is 60.8 Å². The number of nitrogens with one attached hydrogen (secondary N) is 1. The lowest BCUT2D eigenvalue weighted by Crippen LogP contribution is -2.40. The number of benzene rings is 1. The first-order valence-corrected chi connectivity index (χ1v) is 10.3. The maximum atomic E-state index is 14.3. The van der Waals surface area contributed by atoms with Gasteiger partial charge in [-0.05, 0) is 75.3 Å². The van der Waals surface area contributed by atoms with Crippen molar-refractivity contribution in [2.24, 2.45) is 17.8 Å². The average molecular weight is 367 g/mol. The fraction of sp³-hybridized carbons (Fsp3) is 0.545. The molecule has 0 saturated heterocycles. The minimum atomic E-state index is -0.308. The van der Waals surface area contributed by atoms with Gasteiger partial charge in [0.05, 0.1) is 0 Å². The lowest BCUT2D eigenvalue weighted by atomic mass is 9.84.